The van der Waals surface area contributed by atoms with E-state index >= 15 is 0 Å². The topological polar surface area (TPSA) is 0 Å². The van der Waals surface area contributed by atoms with Crippen molar-refractivity contribution in [2.75, 3.05) is 0 Å². The Balaban J connectivity index is 3.23. The van der Waals surface area contributed by atoms with Gasteiger partial charge in [0.15, 0.2) is 0 Å². The SMILES string of the molecule is CCCCCCCCCCCCCCC(C)C(C)(F)CC. The molecule has 0 aromatic carbocycles. The summed E-state index contributed by atoms with van der Waals surface area (Å²) in [5.41, 5.74) is -0.961. The van der Waals surface area contributed by atoms with Crippen LogP contribution in [0, 0.1) is 5.92 Å². The van der Waals surface area contributed by atoms with Gasteiger partial charge in [0.2, 0.25) is 0 Å². The summed E-state index contributed by atoms with van der Waals surface area (Å²) in [6.45, 7) is 8.07. The number of unbranched alkanes of at least 4 members (excludes halogenated alkanes) is 11. The smallest absolute Gasteiger partial charge is 0.110 e. The maximum atomic E-state index is 14.0. The van der Waals surface area contributed by atoms with E-state index in [0.29, 0.717) is 6.42 Å². The Bertz CT molecular complexity index is 210. The van der Waals surface area contributed by atoms with Crippen LogP contribution in [0.5, 0.6) is 0 Å². The van der Waals surface area contributed by atoms with Crippen LogP contribution in [0.1, 0.15) is 118 Å². The highest BCUT2D eigenvalue weighted by Crippen LogP contribution is 2.29. The largest absolute Gasteiger partial charge is 0.244 e. The predicted molar refractivity (Wildman–Crippen MR) is 94.7 cm³/mol. The Kier molecular flexibility index (Phi) is 13.5. The van der Waals surface area contributed by atoms with Crippen LogP contribution in [0.4, 0.5) is 4.39 Å². The second kappa shape index (κ2) is 13.6. The van der Waals surface area contributed by atoms with Gasteiger partial charge in [-0.1, -0.05) is 97.8 Å². The fourth-order valence-electron chi connectivity index (χ4n) is 2.94. The number of halogens is 1. The molecule has 0 saturated heterocycles. The number of hydrogen-bond donors (Lipinski definition) is 0. The zero-order chi connectivity index (χ0) is 16.0. The number of rotatable bonds is 15. The van der Waals surface area contributed by atoms with Crippen LogP contribution in [0.3, 0.4) is 0 Å². The third-order valence-corrected chi connectivity index (χ3v) is 5.21. The van der Waals surface area contributed by atoms with Gasteiger partial charge in [-0.05, 0) is 25.7 Å². The Labute approximate surface area is 134 Å². The molecule has 0 aliphatic rings. The highest BCUT2D eigenvalue weighted by Gasteiger charge is 2.27. The molecule has 0 N–H and O–H groups in total. The molecule has 0 radical (unpaired) electrons. The summed E-state index contributed by atoms with van der Waals surface area (Å²) in [5, 5.41) is 0. The van der Waals surface area contributed by atoms with Crippen molar-refractivity contribution >= 4 is 0 Å². The van der Waals surface area contributed by atoms with Crippen molar-refractivity contribution in [3.05, 3.63) is 0 Å². The molecule has 0 amide bonds. The Morgan fingerprint density at radius 3 is 1.48 bits per heavy atom. The van der Waals surface area contributed by atoms with E-state index in [2.05, 4.69) is 13.8 Å². The van der Waals surface area contributed by atoms with Crippen molar-refractivity contribution in [1.29, 1.82) is 0 Å². The highest BCUT2D eigenvalue weighted by atomic mass is 19.1. The van der Waals surface area contributed by atoms with Gasteiger partial charge in [0, 0.05) is 0 Å². The Hall–Kier alpha value is -0.0700. The summed E-state index contributed by atoms with van der Waals surface area (Å²) in [6, 6.07) is 0. The first-order valence-corrected chi connectivity index (χ1v) is 9.73. The van der Waals surface area contributed by atoms with Gasteiger partial charge in [-0.2, -0.15) is 0 Å². The molecule has 2 unspecified atom stereocenters. The lowest BCUT2D eigenvalue weighted by Crippen LogP contribution is -2.26. The predicted octanol–water partition coefficient (Wildman–Crippen LogP) is 7.85. The molecule has 2 atom stereocenters. The third-order valence-electron chi connectivity index (χ3n) is 5.21. The molecule has 0 heterocycles. The van der Waals surface area contributed by atoms with Gasteiger partial charge in [0.05, 0.1) is 0 Å². The first kappa shape index (κ1) is 20.9. The fourth-order valence-corrected chi connectivity index (χ4v) is 2.94. The van der Waals surface area contributed by atoms with Crippen molar-refractivity contribution in [2.45, 2.75) is 123 Å². The third kappa shape index (κ3) is 12.2. The van der Waals surface area contributed by atoms with E-state index in [1.54, 1.807) is 6.92 Å². The lowest BCUT2D eigenvalue weighted by molar-refractivity contribution is 0.0999. The first-order valence-electron chi connectivity index (χ1n) is 9.73. The second-order valence-electron chi connectivity index (χ2n) is 7.21. The fraction of sp³-hybridized carbons (Fsp3) is 1.00. The molecular weight excluding hydrogens is 259 g/mol. The number of hydrogen-bond acceptors (Lipinski definition) is 0. The summed E-state index contributed by atoms with van der Waals surface area (Å²) < 4.78 is 14.0. The highest BCUT2D eigenvalue weighted by molar-refractivity contribution is 4.77. The van der Waals surface area contributed by atoms with Crippen LogP contribution in [0.25, 0.3) is 0 Å². The lowest BCUT2D eigenvalue weighted by atomic mass is 9.86. The minimum Gasteiger partial charge on any atom is -0.244 e. The van der Waals surface area contributed by atoms with Crippen LogP contribution in [0.15, 0.2) is 0 Å². The summed E-state index contributed by atoms with van der Waals surface area (Å²) in [7, 11) is 0. The summed E-state index contributed by atoms with van der Waals surface area (Å²) in [4.78, 5) is 0. The van der Waals surface area contributed by atoms with Crippen molar-refractivity contribution in [1.82, 2.24) is 0 Å². The first-order chi connectivity index (χ1) is 10.0. The average molecular weight is 301 g/mol. The van der Waals surface area contributed by atoms with Gasteiger partial charge in [0.1, 0.15) is 5.67 Å². The van der Waals surface area contributed by atoms with Crippen molar-refractivity contribution in [2.24, 2.45) is 5.92 Å². The van der Waals surface area contributed by atoms with Crippen LogP contribution >= 0.6 is 0 Å². The van der Waals surface area contributed by atoms with Gasteiger partial charge in [0.25, 0.3) is 0 Å². The Morgan fingerprint density at radius 2 is 1.10 bits per heavy atom. The normalized spacial score (nSPS) is 15.9. The molecule has 0 bridgehead atoms. The molecule has 21 heavy (non-hydrogen) atoms. The molecule has 0 aromatic rings. The molecule has 128 valence electrons. The van der Waals surface area contributed by atoms with E-state index in [9.17, 15) is 4.39 Å². The molecule has 1 heteroatoms. The van der Waals surface area contributed by atoms with E-state index in [4.69, 9.17) is 0 Å². The van der Waals surface area contributed by atoms with Gasteiger partial charge in [-0.3, -0.25) is 0 Å². The summed E-state index contributed by atoms with van der Waals surface area (Å²) >= 11 is 0. The molecule has 0 fully saturated rings. The monoisotopic (exact) mass is 300 g/mol. The van der Waals surface area contributed by atoms with E-state index in [-0.39, 0.29) is 5.92 Å². The molecule has 0 rings (SSSR count). The minimum atomic E-state index is -0.961. The van der Waals surface area contributed by atoms with Gasteiger partial charge < -0.3 is 0 Å². The molecule has 0 spiro atoms. The summed E-state index contributed by atoms with van der Waals surface area (Å²) in [6.07, 6.45) is 18.2. The van der Waals surface area contributed by atoms with Gasteiger partial charge in [-0.25, -0.2) is 4.39 Å². The van der Waals surface area contributed by atoms with Crippen LogP contribution in [-0.4, -0.2) is 5.67 Å². The van der Waals surface area contributed by atoms with Crippen molar-refractivity contribution in [3.63, 3.8) is 0 Å². The van der Waals surface area contributed by atoms with Crippen LogP contribution in [0.2, 0.25) is 0 Å². The molecule has 0 nitrogen and oxygen atoms in total. The van der Waals surface area contributed by atoms with E-state index < -0.39 is 5.67 Å². The molecular formula is C20H41F. The quantitative estimate of drug-likeness (QED) is 0.270. The zero-order valence-electron chi connectivity index (χ0n) is 15.4. The standard InChI is InChI=1S/C20H41F/c1-5-7-8-9-10-11-12-13-14-15-16-17-18-19(3)20(4,21)6-2/h19H,5-18H2,1-4H3. The zero-order valence-corrected chi connectivity index (χ0v) is 15.4. The maximum absolute atomic E-state index is 14.0. The maximum Gasteiger partial charge on any atom is 0.110 e. The summed E-state index contributed by atoms with van der Waals surface area (Å²) in [5.74, 6) is 0.214. The average Bonchev–Trinajstić information content (AvgIpc) is 2.48. The number of alkyl halides is 1. The van der Waals surface area contributed by atoms with Gasteiger partial charge in [-0.15, -0.1) is 0 Å². The van der Waals surface area contributed by atoms with E-state index in [0.717, 1.165) is 6.42 Å². The van der Waals surface area contributed by atoms with Crippen molar-refractivity contribution < 1.29 is 4.39 Å². The second-order valence-corrected chi connectivity index (χ2v) is 7.21. The molecule has 0 saturated carbocycles. The molecule has 0 aromatic heterocycles. The van der Waals surface area contributed by atoms with E-state index in [1.807, 2.05) is 6.92 Å². The lowest BCUT2D eigenvalue weighted by Gasteiger charge is -2.26. The van der Waals surface area contributed by atoms with Crippen LogP contribution in [-0.2, 0) is 0 Å². The van der Waals surface area contributed by atoms with Crippen molar-refractivity contribution in [3.8, 4) is 0 Å². The van der Waals surface area contributed by atoms with Crippen LogP contribution < -0.4 is 0 Å². The Morgan fingerprint density at radius 1 is 0.714 bits per heavy atom. The van der Waals surface area contributed by atoms with E-state index in [1.165, 1.54) is 77.0 Å². The van der Waals surface area contributed by atoms with Gasteiger partial charge >= 0.3 is 0 Å². The molecule has 0 aliphatic carbocycles. The minimum absolute atomic E-state index is 0.214. The molecule has 0 aliphatic heterocycles.